The van der Waals surface area contributed by atoms with Gasteiger partial charge in [0.25, 0.3) is 0 Å². The van der Waals surface area contributed by atoms with Crippen LogP contribution in [0.2, 0.25) is 0 Å². The fourth-order valence-electron chi connectivity index (χ4n) is 1.52. The second-order valence-corrected chi connectivity index (χ2v) is 4.46. The lowest BCUT2D eigenvalue weighted by Gasteiger charge is -2.21. The monoisotopic (exact) mass is 193 g/mol. The van der Waals surface area contributed by atoms with E-state index in [0.29, 0.717) is 5.88 Å². The Morgan fingerprint density at radius 3 is 2.36 bits per heavy atom. The van der Waals surface area contributed by atoms with E-state index in [1.165, 1.54) is 5.56 Å². The Labute approximate surface area is 86.3 Å². The number of hydrogen-bond donors (Lipinski definition) is 0. The molecule has 0 N–H and O–H groups in total. The molecule has 0 aliphatic carbocycles. The number of nitrogens with zero attached hydrogens (tertiary/aromatic N) is 1. The van der Waals surface area contributed by atoms with Gasteiger partial charge in [-0.2, -0.15) is 0 Å². The number of pyridine rings is 1. The Kier molecular flexibility index (Phi) is 3.14. The van der Waals surface area contributed by atoms with Gasteiger partial charge in [-0.1, -0.05) is 33.8 Å². The second kappa shape index (κ2) is 3.99. The molecule has 0 saturated carbocycles. The van der Waals surface area contributed by atoms with Gasteiger partial charge in [-0.15, -0.1) is 0 Å². The first kappa shape index (κ1) is 11.0. The Balaban J connectivity index is 3.22. The first-order chi connectivity index (χ1) is 6.49. The Morgan fingerprint density at radius 1 is 1.29 bits per heavy atom. The molecule has 2 nitrogen and oxygen atoms in total. The molecule has 0 aliphatic heterocycles. The van der Waals surface area contributed by atoms with Crippen LogP contribution in [0, 0.1) is 0 Å². The number of aryl methyl sites for hydroxylation is 1. The van der Waals surface area contributed by atoms with Crippen LogP contribution in [-0.2, 0) is 11.8 Å². The fourth-order valence-corrected chi connectivity index (χ4v) is 1.52. The van der Waals surface area contributed by atoms with Crippen LogP contribution in [-0.4, -0.2) is 12.1 Å². The number of rotatable bonds is 2. The Hall–Kier alpha value is -1.05. The molecule has 0 aliphatic rings. The van der Waals surface area contributed by atoms with Gasteiger partial charge in [0.05, 0.1) is 12.8 Å². The molecule has 78 valence electrons. The minimum absolute atomic E-state index is 0.0832. The van der Waals surface area contributed by atoms with Crippen molar-refractivity contribution < 1.29 is 4.74 Å². The van der Waals surface area contributed by atoms with Crippen molar-refractivity contribution in [1.29, 1.82) is 0 Å². The quantitative estimate of drug-likeness (QED) is 0.720. The Morgan fingerprint density at radius 2 is 1.93 bits per heavy atom. The summed E-state index contributed by atoms with van der Waals surface area (Å²) in [5.41, 5.74) is 2.53. The highest BCUT2D eigenvalue weighted by atomic mass is 16.5. The van der Waals surface area contributed by atoms with Crippen molar-refractivity contribution in [2.75, 3.05) is 7.11 Å². The molecule has 0 unspecified atom stereocenters. The van der Waals surface area contributed by atoms with E-state index in [0.717, 1.165) is 12.1 Å². The lowest BCUT2D eigenvalue weighted by Crippen LogP contribution is -2.16. The zero-order valence-electron chi connectivity index (χ0n) is 9.72. The average molecular weight is 193 g/mol. The molecular weight excluding hydrogens is 174 g/mol. The van der Waals surface area contributed by atoms with Crippen LogP contribution in [0.4, 0.5) is 0 Å². The first-order valence-electron chi connectivity index (χ1n) is 5.03. The van der Waals surface area contributed by atoms with Gasteiger partial charge in [0.2, 0.25) is 5.88 Å². The highest BCUT2D eigenvalue weighted by molar-refractivity contribution is 5.30. The minimum Gasteiger partial charge on any atom is -0.481 e. The predicted octanol–water partition coefficient (Wildman–Crippen LogP) is 2.95. The van der Waals surface area contributed by atoms with Crippen molar-refractivity contribution in [3.8, 4) is 5.88 Å². The van der Waals surface area contributed by atoms with Crippen LogP contribution in [0.3, 0.4) is 0 Å². The maximum atomic E-state index is 5.14. The van der Waals surface area contributed by atoms with Gasteiger partial charge in [0.15, 0.2) is 0 Å². The minimum atomic E-state index is 0.0832. The molecular formula is C12H19NO. The summed E-state index contributed by atoms with van der Waals surface area (Å²) >= 11 is 0. The number of ether oxygens (including phenoxy) is 1. The van der Waals surface area contributed by atoms with E-state index in [4.69, 9.17) is 4.74 Å². The first-order valence-corrected chi connectivity index (χ1v) is 5.03. The largest absolute Gasteiger partial charge is 0.481 e. The average Bonchev–Trinajstić information content (AvgIpc) is 2.15. The van der Waals surface area contributed by atoms with Crippen molar-refractivity contribution in [2.24, 2.45) is 0 Å². The van der Waals surface area contributed by atoms with Crippen LogP contribution in [0.1, 0.15) is 39.0 Å². The van der Waals surface area contributed by atoms with Crippen LogP contribution in [0.15, 0.2) is 12.1 Å². The maximum absolute atomic E-state index is 5.14. The molecule has 0 saturated heterocycles. The van der Waals surface area contributed by atoms with E-state index in [1.807, 2.05) is 6.07 Å². The fraction of sp³-hybridized carbons (Fsp3) is 0.583. The Bertz CT molecular complexity index is 313. The van der Waals surface area contributed by atoms with E-state index >= 15 is 0 Å². The SMILES string of the molecule is CCc1ccc(OC)nc1C(C)(C)C. The molecule has 0 spiro atoms. The number of aromatic nitrogens is 1. The molecule has 1 heterocycles. The molecule has 0 aromatic carbocycles. The van der Waals surface area contributed by atoms with Gasteiger partial charge in [0.1, 0.15) is 0 Å². The normalized spacial score (nSPS) is 11.5. The van der Waals surface area contributed by atoms with Gasteiger partial charge in [0, 0.05) is 11.5 Å². The number of hydrogen-bond acceptors (Lipinski definition) is 2. The topological polar surface area (TPSA) is 22.1 Å². The summed E-state index contributed by atoms with van der Waals surface area (Å²) < 4.78 is 5.14. The lowest BCUT2D eigenvalue weighted by molar-refractivity contribution is 0.391. The molecule has 0 amide bonds. The molecule has 1 aromatic heterocycles. The molecule has 1 aromatic rings. The molecule has 0 fully saturated rings. The van der Waals surface area contributed by atoms with E-state index in [-0.39, 0.29) is 5.41 Å². The summed E-state index contributed by atoms with van der Waals surface area (Å²) in [6.07, 6.45) is 1.02. The maximum Gasteiger partial charge on any atom is 0.213 e. The van der Waals surface area contributed by atoms with E-state index in [9.17, 15) is 0 Å². The van der Waals surface area contributed by atoms with Gasteiger partial charge in [-0.05, 0) is 12.0 Å². The smallest absolute Gasteiger partial charge is 0.213 e. The van der Waals surface area contributed by atoms with E-state index in [1.54, 1.807) is 7.11 Å². The third-order valence-electron chi connectivity index (χ3n) is 2.25. The standard InChI is InChI=1S/C12H19NO/c1-6-9-7-8-10(14-5)13-11(9)12(2,3)4/h7-8H,6H2,1-5H3. The van der Waals surface area contributed by atoms with Gasteiger partial charge < -0.3 is 4.74 Å². The summed E-state index contributed by atoms with van der Waals surface area (Å²) in [4.78, 5) is 4.51. The van der Waals surface area contributed by atoms with Gasteiger partial charge in [-0.3, -0.25) is 0 Å². The van der Waals surface area contributed by atoms with E-state index in [2.05, 4.69) is 38.7 Å². The lowest BCUT2D eigenvalue weighted by atomic mass is 9.87. The van der Waals surface area contributed by atoms with Crippen molar-refractivity contribution in [3.05, 3.63) is 23.4 Å². The molecule has 14 heavy (non-hydrogen) atoms. The molecule has 1 rings (SSSR count). The van der Waals surface area contributed by atoms with Crippen molar-refractivity contribution in [1.82, 2.24) is 4.98 Å². The molecule has 2 heteroatoms. The van der Waals surface area contributed by atoms with Crippen molar-refractivity contribution in [3.63, 3.8) is 0 Å². The van der Waals surface area contributed by atoms with Crippen LogP contribution in [0.5, 0.6) is 5.88 Å². The second-order valence-electron chi connectivity index (χ2n) is 4.46. The van der Waals surface area contributed by atoms with Crippen LogP contribution >= 0.6 is 0 Å². The van der Waals surface area contributed by atoms with Crippen molar-refractivity contribution in [2.45, 2.75) is 39.5 Å². The third-order valence-corrected chi connectivity index (χ3v) is 2.25. The highest BCUT2D eigenvalue weighted by Gasteiger charge is 2.19. The number of methoxy groups -OCH3 is 1. The summed E-state index contributed by atoms with van der Waals surface area (Å²) in [5.74, 6) is 0.701. The van der Waals surface area contributed by atoms with Gasteiger partial charge >= 0.3 is 0 Å². The molecule has 0 bridgehead atoms. The predicted molar refractivity (Wildman–Crippen MR) is 58.9 cm³/mol. The summed E-state index contributed by atoms with van der Waals surface area (Å²) in [7, 11) is 1.65. The zero-order chi connectivity index (χ0) is 10.8. The van der Waals surface area contributed by atoms with Crippen molar-refractivity contribution >= 4 is 0 Å². The van der Waals surface area contributed by atoms with Gasteiger partial charge in [-0.25, -0.2) is 4.98 Å². The molecule has 0 radical (unpaired) electrons. The summed E-state index contributed by atoms with van der Waals surface area (Å²) in [6.45, 7) is 8.68. The highest BCUT2D eigenvalue weighted by Crippen LogP contribution is 2.26. The van der Waals surface area contributed by atoms with Crippen LogP contribution < -0.4 is 4.74 Å². The summed E-state index contributed by atoms with van der Waals surface area (Å²) in [5, 5.41) is 0. The third kappa shape index (κ3) is 2.25. The van der Waals surface area contributed by atoms with E-state index < -0.39 is 0 Å². The summed E-state index contributed by atoms with van der Waals surface area (Å²) in [6, 6.07) is 4.03. The van der Waals surface area contributed by atoms with Crippen LogP contribution in [0.25, 0.3) is 0 Å². The zero-order valence-corrected chi connectivity index (χ0v) is 9.72. The molecule has 0 atom stereocenters.